The number of fused-ring (bicyclic) bond motifs is 1. The molecule has 0 aromatic carbocycles. The maximum absolute atomic E-state index is 12.9. The summed E-state index contributed by atoms with van der Waals surface area (Å²) in [7, 11) is 0. The molecule has 1 amide bonds. The number of nitrogens with one attached hydrogen (secondary N) is 1. The number of nitrogens with zero attached hydrogens (tertiary/aromatic N) is 4. The normalized spacial score (nSPS) is 14.4. The molecule has 0 spiro atoms. The second-order valence-electron chi connectivity index (χ2n) is 6.90. The number of anilines is 1. The van der Waals surface area contributed by atoms with Crippen LogP contribution in [0.4, 0.5) is 5.13 Å². The third kappa shape index (κ3) is 2.93. The van der Waals surface area contributed by atoms with Crippen molar-refractivity contribution in [3.05, 3.63) is 34.1 Å². The monoisotopic (exact) mass is 355 g/mol. The Morgan fingerprint density at radius 1 is 1.32 bits per heavy atom. The van der Waals surface area contributed by atoms with Crippen molar-refractivity contribution in [1.82, 2.24) is 19.7 Å². The smallest absolute Gasteiger partial charge is 0.258 e. The van der Waals surface area contributed by atoms with Crippen LogP contribution in [0.5, 0.6) is 0 Å². The highest BCUT2D eigenvalue weighted by Gasteiger charge is 2.28. The zero-order valence-electron chi connectivity index (χ0n) is 14.8. The lowest BCUT2D eigenvalue weighted by Gasteiger charge is -2.10. The van der Waals surface area contributed by atoms with Gasteiger partial charge < -0.3 is 0 Å². The first-order valence-electron chi connectivity index (χ1n) is 8.57. The summed E-state index contributed by atoms with van der Waals surface area (Å²) in [5, 5.41) is 8.81. The van der Waals surface area contributed by atoms with Crippen molar-refractivity contribution >= 4 is 33.4 Å². The minimum atomic E-state index is -0.147. The number of pyridine rings is 1. The van der Waals surface area contributed by atoms with Gasteiger partial charge in [-0.3, -0.25) is 10.1 Å². The Morgan fingerprint density at radius 2 is 2.08 bits per heavy atom. The highest BCUT2D eigenvalue weighted by Crippen LogP contribution is 2.40. The molecule has 7 heteroatoms. The second-order valence-corrected chi connectivity index (χ2v) is 8.11. The lowest BCUT2D eigenvalue weighted by molar-refractivity contribution is 0.102. The van der Waals surface area contributed by atoms with Crippen LogP contribution in [0.3, 0.4) is 0 Å². The topological polar surface area (TPSA) is 72.7 Å². The molecule has 3 aromatic heterocycles. The molecular formula is C18H21N5OS. The molecule has 25 heavy (non-hydrogen) atoms. The van der Waals surface area contributed by atoms with Crippen LogP contribution in [0.15, 0.2) is 12.3 Å². The van der Waals surface area contributed by atoms with Crippen LogP contribution >= 0.6 is 11.3 Å². The molecule has 6 nitrogen and oxygen atoms in total. The van der Waals surface area contributed by atoms with Gasteiger partial charge in [0, 0.05) is 22.5 Å². The first-order chi connectivity index (χ1) is 11.9. The van der Waals surface area contributed by atoms with Gasteiger partial charge in [0.1, 0.15) is 0 Å². The van der Waals surface area contributed by atoms with Crippen LogP contribution in [0.25, 0.3) is 11.0 Å². The highest BCUT2D eigenvalue weighted by atomic mass is 32.1. The van der Waals surface area contributed by atoms with E-state index >= 15 is 0 Å². The van der Waals surface area contributed by atoms with E-state index in [0.29, 0.717) is 16.6 Å². The lowest BCUT2D eigenvalue weighted by Crippen LogP contribution is -2.13. The van der Waals surface area contributed by atoms with E-state index in [1.807, 2.05) is 24.6 Å². The summed E-state index contributed by atoms with van der Waals surface area (Å²) >= 11 is 1.50. The summed E-state index contributed by atoms with van der Waals surface area (Å²) in [5.74, 6) is 0.321. The summed E-state index contributed by atoms with van der Waals surface area (Å²) in [5.41, 5.74) is 3.36. The molecule has 0 aliphatic heterocycles. The molecule has 130 valence electrons. The van der Waals surface area contributed by atoms with Gasteiger partial charge in [0.2, 0.25) is 0 Å². The molecule has 0 radical (unpaired) electrons. The largest absolute Gasteiger partial charge is 0.298 e. The maximum Gasteiger partial charge on any atom is 0.258 e. The van der Waals surface area contributed by atoms with Crippen molar-refractivity contribution < 1.29 is 4.79 Å². The van der Waals surface area contributed by atoms with Gasteiger partial charge in [-0.1, -0.05) is 0 Å². The summed E-state index contributed by atoms with van der Waals surface area (Å²) < 4.78 is 1.88. The van der Waals surface area contributed by atoms with Crippen LogP contribution in [-0.2, 0) is 0 Å². The predicted molar refractivity (Wildman–Crippen MR) is 99.4 cm³/mol. The summed E-state index contributed by atoms with van der Waals surface area (Å²) in [6, 6.07) is 2.12. The van der Waals surface area contributed by atoms with E-state index < -0.39 is 0 Å². The number of amides is 1. The molecule has 1 fully saturated rings. The third-order valence-corrected chi connectivity index (χ3v) is 5.55. The number of thiazole rings is 1. The highest BCUT2D eigenvalue weighted by molar-refractivity contribution is 7.15. The summed E-state index contributed by atoms with van der Waals surface area (Å²) in [4.78, 5) is 23.2. The number of carbonyl (C=O) groups excluding carboxylic acids is 1. The zero-order valence-corrected chi connectivity index (χ0v) is 15.6. The molecule has 3 heterocycles. The Hall–Kier alpha value is -2.28. The molecule has 4 rings (SSSR count). The standard InChI is InChI=1S/C18H21N5OS/c1-9(2)23-16-14(8-19-23)13(7-15(21-16)12-5-6-12)17(24)22-18-20-10(3)11(4)25-18/h7-9,12H,5-6H2,1-4H3,(H,20,22,24). The van der Waals surface area contributed by atoms with Crippen molar-refractivity contribution in [2.45, 2.75) is 52.5 Å². The molecule has 1 saturated carbocycles. The van der Waals surface area contributed by atoms with Gasteiger partial charge in [0.15, 0.2) is 10.8 Å². The number of carbonyl (C=O) groups is 1. The van der Waals surface area contributed by atoms with E-state index in [-0.39, 0.29) is 11.9 Å². The fourth-order valence-corrected chi connectivity index (χ4v) is 3.69. The van der Waals surface area contributed by atoms with Crippen molar-refractivity contribution in [1.29, 1.82) is 0 Å². The van der Waals surface area contributed by atoms with Gasteiger partial charge in [-0.2, -0.15) is 5.10 Å². The van der Waals surface area contributed by atoms with Crippen LogP contribution in [-0.4, -0.2) is 25.7 Å². The first-order valence-corrected chi connectivity index (χ1v) is 9.39. The molecule has 1 N–H and O–H groups in total. The lowest BCUT2D eigenvalue weighted by atomic mass is 10.1. The summed E-state index contributed by atoms with van der Waals surface area (Å²) in [6.45, 7) is 8.09. The number of rotatable bonds is 4. The minimum absolute atomic E-state index is 0.147. The molecule has 1 aliphatic rings. The Balaban J connectivity index is 1.78. The molecule has 0 unspecified atom stereocenters. The minimum Gasteiger partial charge on any atom is -0.298 e. The van der Waals surface area contributed by atoms with Crippen molar-refractivity contribution in [3.8, 4) is 0 Å². The van der Waals surface area contributed by atoms with Crippen LogP contribution in [0.1, 0.15) is 65.3 Å². The number of aromatic nitrogens is 4. The average molecular weight is 355 g/mol. The molecule has 0 saturated heterocycles. The third-order valence-electron chi connectivity index (χ3n) is 4.56. The Bertz CT molecular complexity index is 948. The van der Waals surface area contributed by atoms with Crippen LogP contribution in [0, 0.1) is 13.8 Å². The average Bonchev–Trinajstić information content (AvgIpc) is 3.24. The van der Waals surface area contributed by atoms with Gasteiger partial charge in [-0.15, -0.1) is 11.3 Å². The van der Waals surface area contributed by atoms with E-state index in [9.17, 15) is 4.79 Å². The second kappa shape index (κ2) is 5.91. The maximum atomic E-state index is 12.9. The molecule has 0 atom stereocenters. The van der Waals surface area contributed by atoms with E-state index in [4.69, 9.17) is 4.98 Å². The Labute approximate surface area is 150 Å². The van der Waals surface area contributed by atoms with Crippen molar-refractivity contribution in [3.63, 3.8) is 0 Å². The SMILES string of the molecule is Cc1nc(NC(=O)c2cc(C3CC3)nc3c2cnn3C(C)C)sc1C. The molecule has 3 aromatic rings. The number of aryl methyl sites for hydroxylation is 2. The molecule has 0 bridgehead atoms. The number of hydrogen-bond acceptors (Lipinski definition) is 5. The van der Waals surface area contributed by atoms with Crippen LogP contribution in [0.2, 0.25) is 0 Å². The first kappa shape index (κ1) is 16.2. The van der Waals surface area contributed by atoms with Gasteiger partial charge in [0.05, 0.1) is 22.8 Å². The van der Waals surface area contributed by atoms with Crippen LogP contribution < -0.4 is 5.32 Å². The quantitative estimate of drug-likeness (QED) is 0.761. The zero-order chi connectivity index (χ0) is 17.7. The Kier molecular flexibility index (Phi) is 3.83. The molecule has 1 aliphatic carbocycles. The van der Waals surface area contributed by atoms with Crippen molar-refractivity contribution in [2.24, 2.45) is 0 Å². The Morgan fingerprint density at radius 3 is 2.68 bits per heavy atom. The van der Waals surface area contributed by atoms with E-state index in [0.717, 1.165) is 40.1 Å². The van der Waals surface area contributed by atoms with Gasteiger partial charge in [-0.05, 0) is 46.6 Å². The van der Waals surface area contributed by atoms with E-state index in [2.05, 4.69) is 29.2 Å². The fraction of sp³-hybridized carbons (Fsp3) is 0.444. The van der Waals surface area contributed by atoms with Gasteiger partial charge >= 0.3 is 0 Å². The summed E-state index contributed by atoms with van der Waals surface area (Å²) in [6.07, 6.45) is 4.02. The predicted octanol–water partition coefficient (Wildman–Crippen LogP) is 4.22. The fourth-order valence-electron chi connectivity index (χ4n) is 2.88. The van der Waals surface area contributed by atoms with E-state index in [1.165, 1.54) is 11.3 Å². The van der Waals surface area contributed by atoms with Gasteiger partial charge in [0.25, 0.3) is 5.91 Å². The van der Waals surface area contributed by atoms with E-state index in [1.54, 1.807) is 6.20 Å². The number of hydrogen-bond donors (Lipinski definition) is 1. The van der Waals surface area contributed by atoms with Crippen molar-refractivity contribution in [2.75, 3.05) is 5.32 Å². The van der Waals surface area contributed by atoms with Gasteiger partial charge in [-0.25, -0.2) is 14.6 Å². The molecular weight excluding hydrogens is 334 g/mol.